The van der Waals surface area contributed by atoms with Crippen molar-refractivity contribution in [2.45, 2.75) is 25.1 Å². The van der Waals surface area contributed by atoms with Crippen molar-refractivity contribution in [1.29, 1.82) is 0 Å². The normalized spacial score (nSPS) is 17.4. The molecule has 0 saturated carbocycles. The molecule has 9 heteroatoms. The van der Waals surface area contributed by atoms with E-state index in [9.17, 15) is 13.2 Å². The summed E-state index contributed by atoms with van der Waals surface area (Å²) in [6.07, 6.45) is 4.92. The Morgan fingerprint density at radius 2 is 2.11 bits per heavy atom. The van der Waals surface area contributed by atoms with Crippen LogP contribution in [0, 0.1) is 12.3 Å². The lowest BCUT2D eigenvalue weighted by molar-refractivity contribution is -0.137. The number of nitrogens with one attached hydrogen (secondary N) is 3. The first-order valence-electron chi connectivity index (χ1n) is 8.82. The van der Waals surface area contributed by atoms with Gasteiger partial charge >= 0.3 is 6.18 Å². The van der Waals surface area contributed by atoms with Crippen LogP contribution in [0.15, 0.2) is 24.5 Å². The summed E-state index contributed by atoms with van der Waals surface area (Å²) in [6, 6.07) is 3.30. The van der Waals surface area contributed by atoms with E-state index in [2.05, 4.69) is 36.5 Å². The number of pyridine rings is 1. The number of aromatic nitrogens is 4. The molecule has 4 heterocycles. The van der Waals surface area contributed by atoms with Crippen molar-refractivity contribution in [3.63, 3.8) is 0 Å². The minimum Gasteiger partial charge on any atom is -0.350 e. The lowest BCUT2D eigenvalue weighted by atomic mass is 10.1. The van der Waals surface area contributed by atoms with Gasteiger partial charge in [-0.2, -0.15) is 13.2 Å². The van der Waals surface area contributed by atoms with E-state index in [4.69, 9.17) is 6.42 Å². The van der Waals surface area contributed by atoms with Crippen LogP contribution in [0.2, 0.25) is 0 Å². The maximum atomic E-state index is 13.6. The van der Waals surface area contributed by atoms with Crippen LogP contribution in [0.5, 0.6) is 0 Å². The van der Waals surface area contributed by atoms with E-state index in [-0.39, 0.29) is 17.7 Å². The van der Waals surface area contributed by atoms with Crippen LogP contribution in [-0.4, -0.2) is 39.1 Å². The number of nitrogens with zero attached hydrogens (tertiary/aromatic N) is 3. The molecule has 0 radical (unpaired) electrons. The zero-order valence-electron chi connectivity index (χ0n) is 14.8. The molecule has 4 rings (SSSR count). The van der Waals surface area contributed by atoms with Gasteiger partial charge in [-0.15, -0.1) is 6.42 Å². The van der Waals surface area contributed by atoms with Crippen molar-refractivity contribution < 1.29 is 13.2 Å². The van der Waals surface area contributed by atoms with E-state index < -0.39 is 11.7 Å². The zero-order valence-corrected chi connectivity index (χ0v) is 14.8. The SMILES string of the molecule is C#Cc1ccc2c(-c3nc(NC4CCCNC4)ncc3C(F)(F)F)c[nH]c2n1. The van der Waals surface area contributed by atoms with Crippen LogP contribution in [0.1, 0.15) is 24.1 Å². The Morgan fingerprint density at radius 3 is 2.82 bits per heavy atom. The first kappa shape index (κ1) is 18.3. The number of anilines is 1. The minimum absolute atomic E-state index is 0.0705. The van der Waals surface area contributed by atoms with E-state index in [0.29, 0.717) is 28.8 Å². The molecule has 0 spiro atoms. The minimum atomic E-state index is -4.59. The van der Waals surface area contributed by atoms with Crippen LogP contribution in [0.25, 0.3) is 22.3 Å². The molecular weight excluding hydrogens is 369 g/mol. The largest absolute Gasteiger partial charge is 0.419 e. The molecule has 3 aromatic rings. The van der Waals surface area contributed by atoms with Gasteiger partial charge in [0.05, 0.1) is 5.69 Å². The van der Waals surface area contributed by atoms with Crippen LogP contribution >= 0.6 is 0 Å². The van der Waals surface area contributed by atoms with Crippen molar-refractivity contribution in [3.05, 3.63) is 35.8 Å². The number of hydrogen-bond acceptors (Lipinski definition) is 5. The highest BCUT2D eigenvalue weighted by atomic mass is 19.4. The van der Waals surface area contributed by atoms with E-state index in [1.165, 1.54) is 6.20 Å². The van der Waals surface area contributed by atoms with Gasteiger partial charge in [0.2, 0.25) is 5.95 Å². The van der Waals surface area contributed by atoms with Crippen molar-refractivity contribution in [2.75, 3.05) is 18.4 Å². The maximum absolute atomic E-state index is 13.6. The monoisotopic (exact) mass is 386 g/mol. The van der Waals surface area contributed by atoms with Gasteiger partial charge < -0.3 is 15.6 Å². The molecule has 1 aliphatic rings. The van der Waals surface area contributed by atoms with Gasteiger partial charge in [0, 0.05) is 35.9 Å². The summed E-state index contributed by atoms with van der Waals surface area (Å²) >= 11 is 0. The number of alkyl halides is 3. The van der Waals surface area contributed by atoms with Crippen molar-refractivity contribution >= 4 is 17.0 Å². The van der Waals surface area contributed by atoms with E-state index >= 15 is 0 Å². The first-order valence-corrected chi connectivity index (χ1v) is 8.82. The molecule has 28 heavy (non-hydrogen) atoms. The smallest absolute Gasteiger partial charge is 0.350 e. The molecule has 1 saturated heterocycles. The highest BCUT2D eigenvalue weighted by Gasteiger charge is 2.36. The number of piperidine rings is 1. The predicted octanol–water partition coefficient (Wildman–Crippen LogP) is 3.18. The summed E-state index contributed by atoms with van der Waals surface area (Å²) < 4.78 is 40.8. The fraction of sp³-hybridized carbons (Fsp3) is 0.316. The summed E-state index contributed by atoms with van der Waals surface area (Å²) in [4.78, 5) is 15.2. The van der Waals surface area contributed by atoms with Gasteiger partial charge in [-0.1, -0.05) is 5.92 Å². The Kier molecular flexibility index (Phi) is 4.65. The van der Waals surface area contributed by atoms with Crippen molar-refractivity contribution in [3.8, 4) is 23.6 Å². The second kappa shape index (κ2) is 7.13. The summed E-state index contributed by atoms with van der Waals surface area (Å²) in [5, 5.41) is 6.87. The lowest BCUT2D eigenvalue weighted by Crippen LogP contribution is -2.38. The Bertz CT molecular complexity index is 1040. The number of halogens is 3. The third-order valence-corrected chi connectivity index (χ3v) is 4.67. The van der Waals surface area contributed by atoms with Gasteiger partial charge in [-0.25, -0.2) is 15.0 Å². The van der Waals surface area contributed by atoms with Crippen molar-refractivity contribution in [2.24, 2.45) is 0 Å². The number of terminal acetylenes is 1. The van der Waals surface area contributed by atoms with E-state index in [1.807, 2.05) is 0 Å². The Hall–Kier alpha value is -3.12. The molecule has 0 amide bonds. The van der Waals surface area contributed by atoms with E-state index in [0.717, 1.165) is 25.6 Å². The topological polar surface area (TPSA) is 78.5 Å². The molecule has 0 bridgehead atoms. The third-order valence-electron chi connectivity index (χ3n) is 4.67. The number of H-pyrrole nitrogens is 1. The molecule has 0 aliphatic carbocycles. The van der Waals surface area contributed by atoms with Gasteiger partial charge in [0.15, 0.2) is 0 Å². The number of aromatic amines is 1. The fourth-order valence-electron chi connectivity index (χ4n) is 3.30. The second-order valence-corrected chi connectivity index (χ2v) is 6.58. The molecule has 1 atom stereocenters. The standard InChI is InChI=1S/C19H17F3N6/c1-2-11-5-6-13-14(9-24-17(13)26-11)16-15(19(20,21)22)10-25-18(28-16)27-12-4-3-7-23-8-12/h1,5-6,9-10,12,23H,3-4,7-8H2,(H,24,26)(H,25,27,28). The second-order valence-electron chi connectivity index (χ2n) is 6.58. The third kappa shape index (κ3) is 3.51. The number of rotatable bonds is 3. The molecule has 1 fully saturated rings. The maximum Gasteiger partial charge on any atom is 0.419 e. The van der Waals surface area contributed by atoms with Gasteiger partial charge in [-0.05, 0) is 31.5 Å². The highest BCUT2D eigenvalue weighted by Crippen LogP contribution is 2.38. The van der Waals surface area contributed by atoms with Crippen LogP contribution < -0.4 is 10.6 Å². The lowest BCUT2D eigenvalue weighted by Gasteiger charge is -2.24. The number of hydrogen-bond donors (Lipinski definition) is 3. The summed E-state index contributed by atoms with van der Waals surface area (Å²) in [5.74, 6) is 2.57. The molecule has 3 N–H and O–H groups in total. The Morgan fingerprint density at radius 1 is 1.25 bits per heavy atom. The van der Waals surface area contributed by atoms with Crippen molar-refractivity contribution in [1.82, 2.24) is 25.3 Å². The van der Waals surface area contributed by atoms with E-state index in [1.54, 1.807) is 12.1 Å². The molecule has 3 aromatic heterocycles. The van der Waals surface area contributed by atoms with Gasteiger partial charge in [0.1, 0.15) is 16.9 Å². The Balaban J connectivity index is 1.79. The average Bonchev–Trinajstić information content (AvgIpc) is 3.11. The first-order chi connectivity index (χ1) is 13.5. The van der Waals surface area contributed by atoms with Crippen LogP contribution in [-0.2, 0) is 6.18 Å². The Labute approximate surface area is 159 Å². The average molecular weight is 386 g/mol. The summed E-state index contributed by atoms with van der Waals surface area (Å²) in [5.41, 5.74) is -0.00222. The number of fused-ring (bicyclic) bond motifs is 1. The molecule has 0 aromatic carbocycles. The molecule has 1 aliphatic heterocycles. The molecular formula is C19H17F3N6. The zero-order chi connectivity index (χ0) is 19.7. The summed E-state index contributed by atoms with van der Waals surface area (Å²) in [6.45, 7) is 1.64. The van der Waals surface area contributed by atoms with Gasteiger partial charge in [-0.3, -0.25) is 0 Å². The van der Waals surface area contributed by atoms with Gasteiger partial charge in [0.25, 0.3) is 0 Å². The molecule has 1 unspecified atom stereocenters. The van der Waals surface area contributed by atoms with Crippen LogP contribution in [0.4, 0.5) is 19.1 Å². The highest BCUT2D eigenvalue weighted by molar-refractivity contribution is 5.93. The fourth-order valence-corrected chi connectivity index (χ4v) is 3.30. The summed E-state index contributed by atoms with van der Waals surface area (Å²) in [7, 11) is 0. The predicted molar refractivity (Wildman–Crippen MR) is 99.6 cm³/mol. The quantitative estimate of drug-likeness (QED) is 0.603. The molecule has 144 valence electrons. The molecule has 6 nitrogen and oxygen atoms in total. The van der Waals surface area contributed by atoms with Crippen LogP contribution in [0.3, 0.4) is 0 Å².